The zero-order chi connectivity index (χ0) is 17.6. The molecule has 1 saturated heterocycles. The van der Waals surface area contributed by atoms with Crippen molar-refractivity contribution in [2.75, 3.05) is 38.6 Å². The van der Waals surface area contributed by atoms with Crippen LogP contribution in [0.15, 0.2) is 48.5 Å². The second kappa shape index (κ2) is 9.78. The number of methoxy groups -OCH3 is 1. The first-order valence-corrected chi connectivity index (χ1v) is 8.68. The van der Waals surface area contributed by atoms with Crippen LogP contribution >= 0.6 is 24.0 Å². The van der Waals surface area contributed by atoms with Gasteiger partial charge in [0.1, 0.15) is 5.75 Å². The third-order valence-corrected chi connectivity index (χ3v) is 4.58. The lowest BCUT2D eigenvalue weighted by Gasteiger charge is -2.36. The van der Waals surface area contributed by atoms with Crippen molar-refractivity contribution in [3.8, 4) is 5.75 Å². The van der Waals surface area contributed by atoms with Gasteiger partial charge in [0.05, 0.1) is 19.7 Å². The summed E-state index contributed by atoms with van der Waals surface area (Å²) < 4.78 is 5.49. The van der Waals surface area contributed by atoms with Crippen molar-refractivity contribution < 1.29 is 9.53 Å². The predicted octanol–water partition coefficient (Wildman–Crippen LogP) is 3.36. The molecular formula is C19H23Cl2N3O2. The summed E-state index contributed by atoms with van der Waals surface area (Å²) in [6.45, 7) is 2.78. The Labute approximate surface area is 165 Å². The Balaban J connectivity index is 0.00000243. The molecule has 1 aliphatic heterocycles. The van der Waals surface area contributed by atoms with Crippen molar-refractivity contribution in [2.24, 2.45) is 0 Å². The van der Waals surface area contributed by atoms with Crippen LogP contribution in [0.2, 0.25) is 5.02 Å². The molecule has 1 fully saturated rings. The summed E-state index contributed by atoms with van der Waals surface area (Å²) in [5.41, 5.74) is 1.84. The Morgan fingerprint density at radius 1 is 1.27 bits per heavy atom. The molecule has 26 heavy (non-hydrogen) atoms. The van der Waals surface area contributed by atoms with E-state index in [0.717, 1.165) is 36.6 Å². The first-order valence-electron chi connectivity index (χ1n) is 8.30. The van der Waals surface area contributed by atoms with Gasteiger partial charge in [0, 0.05) is 35.9 Å². The molecule has 1 heterocycles. The van der Waals surface area contributed by atoms with Gasteiger partial charge in [-0.3, -0.25) is 9.69 Å². The average Bonchev–Trinajstić information content (AvgIpc) is 2.64. The van der Waals surface area contributed by atoms with Crippen LogP contribution in [0.1, 0.15) is 11.6 Å². The molecule has 2 aromatic rings. The maximum absolute atomic E-state index is 12.5. The Kier molecular flexibility index (Phi) is 7.72. The van der Waals surface area contributed by atoms with Crippen molar-refractivity contribution in [1.29, 1.82) is 0 Å². The molecule has 1 atom stereocenters. The standard InChI is InChI=1S/C19H22ClN3O2.ClH/c1-25-18-5-3-2-4-16(18)17-12-21-10-11-23(17)13-19(24)22-15-8-6-14(20)7-9-15;/h2-9,17,21H,10-13H2,1H3,(H,22,24);1H. The topological polar surface area (TPSA) is 53.6 Å². The smallest absolute Gasteiger partial charge is 0.238 e. The molecule has 2 N–H and O–H groups in total. The van der Waals surface area contributed by atoms with E-state index in [1.165, 1.54) is 0 Å². The molecule has 0 radical (unpaired) electrons. The summed E-state index contributed by atoms with van der Waals surface area (Å²) in [4.78, 5) is 14.6. The van der Waals surface area contributed by atoms with Crippen molar-refractivity contribution >= 4 is 35.6 Å². The molecule has 1 aliphatic rings. The molecule has 0 bridgehead atoms. The summed E-state index contributed by atoms with van der Waals surface area (Å²) >= 11 is 5.88. The highest BCUT2D eigenvalue weighted by Gasteiger charge is 2.27. The van der Waals surface area contributed by atoms with Gasteiger partial charge in [-0.1, -0.05) is 29.8 Å². The number of para-hydroxylation sites is 1. The first-order chi connectivity index (χ1) is 12.2. The Morgan fingerprint density at radius 3 is 2.73 bits per heavy atom. The van der Waals surface area contributed by atoms with Gasteiger partial charge in [-0.15, -0.1) is 12.4 Å². The highest BCUT2D eigenvalue weighted by molar-refractivity contribution is 6.30. The maximum atomic E-state index is 12.5. The number of hydrogen-bond donors (Lipinski definition) is 2. The van der Waals surface area contributed by atoms with Gasteiger partial charge in [0.2, 0.25) is 5.91 Å². The zero-order valence-corrected chi connectivity index (χ0v) is 16.1. The van der Waals surface area contributed by atoms with Crippen LogP contribution in [-0.4, -0.2) is 44.1 Å². The van der Waals surface area contributed by atoms with E-state index in [1.54, 1.807) is 31.4 Å². The van der Waals surface area contributed by atoms with E-state index < -0.39 is 0 Å². The fourth-order valence-electron chi connectivity index (χ4n) is 3.10. The van der Waals surface area contributed by atoms with E-state index in [-0.39, 0.29) is 24.4 Å². The lowest BCUT2D eigenvalue weighted by atomic mass is 10.0. The molecule has 3 rings (SSSR count). The van der Waals surface area contributed by atoms with E-state index in [2.05, 4.69) is 21.6 Å². The number of nitrogens with zero attached hydrogens (tertiary/aromatic N) is 1. The van der Waals surface area contributed by atoms with E-state index in [1.807, 2.05) is 18.2 Å². The molecule has 0 spiro atoms. The van der Waals surface area contributed by atoms with Gasteiger partial charge in [-0.25, -0.2) is 0 Å². The third-order valence-electron chi connectivity index (χ3n) is 4.33. The molecule has 0 saturated carbocycles. The molecule has 7 heteroatoms. The van der Waals surface area contributed by atoms with Gasteiger partial charge < -0.3 is 15.4 Å². The first kappa shape index (κ1) is 20.5. The molecule has 2 aromatic carbocycles. The van der Waals surface area contributed by atoms with Crippen LogP contribution in [0, 0.1) is 0 Å². The molecule has 1 amide bonds. The van der Waals surface area contributed by atoms with Crippen molar-refractivity contribution in [3.05, 3.63) is 59.1 Å². The number of carbonyl (C=O) groups excluding carboxylic acids is 1. The van der Waals surface area contributed by atoms with Crippen molar-refractivity contribution in [1.82, 2.24) is 10.2 Å². The third kappa shape index (κ3) is 5.11. The normalized spacial score (nSPS) is 17.2. The van der Waals surface area contributed by atoms with Gasteiger partial charge in [-0.2, -0.15) is 0 Å². The lowest BCUT2D eigenvalue weighted by molar-refractivity contribution is -0.118. The van der Waals surface area contributed by atoms with E-state index in [0.29, 0.717) is 11.6 Å². The number of halogens is 2. The zero-order valence-electron chi connectivity index (χ0n) is 14.6. The minimum absolute atomic E-state index is 0. The molecule has 0 aliphatic carbocycles. The summed E-state index contributed by atoms with van der Waals surface area (Å²) in [5, 5.41) is 6.98. The van der Waals surface area contributed by atoms with E-state index in [4.69, 9.17) is 16.3 Å². The average molecular weight is 396 g/mol. The molecule has 0 aromatic heterocycles. The number of ether oxygens (including phenoxy) is 1. The fraction of sp³-hybridized carbons (Fsp3) is 0.316. The molecule has 5 nitrogen and oxygen atoms in total. The van der Waals surface area contributed by atoms with Crippen LogP contribution in [0.4, 0.5) is 5.69 Å². The van der Waals surface area contributed by atoms with Crippen molar-refractivity contribution in [3.63, 3.8) is 0 Å². The molecule has 1 unspecified atom stereocenters. The maximum Gasteiger partial charge on any atom is 0.238 e. The number of anilines is 1. The molecular weight excluding hydrogens is 373 g/mol. The van der Waals surface area contributed by atoms with Crippen LogP contribution in [0.3, 0.4) is 0 Å². The Hall–Kier alpha value is -1.79. The SMILES string of the molecule is COc1ccccc1C1CNCCN1CC(=O)Nc1ccc(Cl)cc1.Cl. The summed E-state index contributed by atoms with van der Waals surface area (Å²) in [6.07, 6.45) is 0. The number of rotatable bonds is 5. The predicted molar refractivity (Wildman–Crippen MR) is 108 cm³/mol. The quantitative estimate of drug-likeness (QED) is 0.814. The summed E-state index contributed by atoms with van der Waals surface area (Å²) in [7, 11) is 1.67. The van der Waals surface area contributed by atoms with Crippen LogP contribution in [0.25, 0.3) is 0 Å². The van der Waals surface area contributed by atoms with Gasteiger partial charge in [-0.05, 0) is 30.3 Å². The Bertz CT molecular complexity index is 725. The lowest BCUT2D eigenvalue weighted by Crippen LogP contribution is -2.48. The summed E-state index contributed by atoms with van der Waals surface area (Å²) in [6, 6.07) is 15.2. The van der Waals surface area contributed by atoms with Crippen LogP contribution < -0.4 is 15.4 Å². The monoisotopic (exact) mass is 395 g/mol. The van der Waals surface area contributed by atoms with Crippen molar-refractivity contribution in [2.45, 2.75) is 6.04 Å². The largest absolute Gasteiger partial charge is 0.496 e. The number of benzene rings is 2. The number of hydrogen-bond acceptors (Lipinski definition) is 4. The number of carbonyl (C=O) groups is 1. The number of piperazine rings is 1. The van der Waals surface area contributed by atoms with Crippen LogP contribution in [-0.2, 0) is 4.79 Å². The molecule has 140 valence electrons. The highest BCUT2D eigenvalue weighted by atomic mass is 35.5. The summed E-state index contributed by atoms with van der Waals surface area (Å²) in [5.74, 6) is 0.809. The minimum atomic E-state index is -0.0379. The second-order valence-electron chi connectivity index (χ2n) is 5.99. The van der Waals surface area contributed by atoms with E-state index in [9.17, 15) is 4.79 Å². The number of nitrogens with one attached hydrogen (secondary N) is 2. The minimum Gasteiger partial charge on any atom is -0.496 e. The van der Waals surface area contributed by atoms with Gasteiger partial charge in [0.15, 0.2) is 0 Å². The second-order valence-corrected chi connectivity index (χ2v) is 6.42. The number of amides is 1. The van der Waals surface area contributed by atoms with Gasteiger partial charge in [0.25, 0.3) is 0 Å². The van der Waals surface area contributed by atoms with Crippen LogP contribution in [0.5, 0.6) is 5.75 Å². The van der Waals surface area contributed by atoms with Gasteiger partial charge >= 0.3 is 0 Å². The van der Waals surface area contributed by atoms with E-state index >= 15 is 0 Å². The highest BCUT2D eigenvalue weighted by Crippen LogP contribution is 2.30. The Morgan fingerprint density at radius 2 is 2.00 bits per heavy atom. The fourth-order valence-corrected chi connectivity index (χ4v) is 3.23.